The normalized spacial score (nSPS) is 16.1. The van der Waals surface area contributed by atoms with Crippen LogP contribution in [0.1, 0.15) is 56.9 Å². The molecule has 1 unspecified atom stereocenters. The molecule has 0 aromatic heterocycles. The fourth-order valence-corrected chi connectivity index (χ4v) is 24.1. The second-order valence-corrected chi connectivity index (χ2v) is 26.8. The van der Waals surface area contributed by atoms with Gasteiger partial charge in [0, 0.05) is 0 Å². The maximum absolute atomic E-state index is 5.75. The number of halogens is 2. The van der Waals surface area contributed by atoms with Crippen LogP contribution in [-0.4, -0.2) is 4.21 Å². The zero-order valence-electron chi connectivity index (χ0n) is 26.7. The van der Waals surface area contributed by atoms with Crippen molar-refractivity contribution in [3.05, 3.63) is 134 Å². The van der Waals surface area contributed by atoms with Crippen molar-refractivity contribution in [1.29, 1.82) is 0 Å². The summed E-state index contributed by atoms with van der Waals surface area (Å²) in [6.45, 7) is 16.3. The van der Waals surface area contributed by atoms with Gasteiger partial charge in [0.25, 0.3) is 0 Å². The zero-order chi connectivity index (χ0) is 29.2. The molecule has 0 saturated carbocycles. The molecule has 0 radical (unpaired) electrons. The van der Waals surface area contributed by atoms with Crippen molar-refractivity contribution in [3.63, 3.8) is 0 Å². The first-order valence-corrected chi connectivity index (χ1v) is 21.9. The van der Waals surface area contributed by atoms with E-state index < -0.39 is 18.3 Å². The van der Waals surface area contributed by atoms with E-state index in [9.17, 15) is 0 Å². The summed E-state index contributed by atoms with van der Waals surface area (Å²) < 4.78 is 11.7. The van der Waals surface area contributed by atoms with E-state index in [1.165, 1.54) is 48.8 Å². The third-order valence-corrected chi connectivity index (χ3v) is 26.4. The van der Waals surface area contributed by atoms with Gasteiger partial charge in [-0.2, -0.15) is 0 Å². The van der Waals surface area contributed by atoms with E-state index in [1.54, 1.807) is 3.28 Å². The van der Waals surface area contributed by atoms with Crippen molar-refractivity contribution >= 4 is 38.8 Å². The number of allylic oxidation sites excluding steroid dienone is 4. The Kier molecular flexibility index (Phi) is 9.29. The van der Waals surface area contributed by atoms with E-state index in [0.29, 0.717) is 11.8 Å². The molecule has 0 heterocycles. The van der Waals surface area contributed by atoms with Crippen LogP contribution in [0.4, 0.5) is 0 Å². The first kappa shape index (κ1) is 33.6. The topological polar surface area (TPSA) is 0 Å². The fourth-order valence-electron chi connectivity index (χ4n) is 7.62. The predicted octanol–water partition coefficient (Wildman–Crippen LogP) is 9.26. The van der Waals surface area contributed by atoms with Crippen molar-refractivity contribution in [2.24, 2.45) is 17.3 Å². The molecule has 4 aromatic rings. The van der Waals surface area contributed by atoms with E-state index in [0.717, 1.165) is 6.42 Å². The van der Waals surface area contributed by atoms with Crippen molar-refractivity contribution in [2.75, 3.05) is 0 Å². The van der Waals surface area contributed by atoms with Crippen LogP contribution in [0.15, 0.2) is 112 Å². The number of hydrogen-bond donors (Lipinski definition) is 0. The van der Waals surface area contributed by atoms with E-state index in [-0.39, 0.29) is 30.2 Å². The van der Waals surface area contributed by atoms with Crippen LogP contribution in [0.5, 0.6) is 0 Å². The van der Waals surface area contributed by atoms with Gasteiger partial charge in [-0.05, 0) is 0 Å². The average molecular weight is 689 g/mol. The summed E-state index contributed by atoms with van der Waals surface area (Å²) in [5.41, 5.74) is 9.80. The summed E-state index contributed by atoms with van der Waals surface area (Å²) in [7, 11) is 0. The summed E-state index contributed by atoms with van der Waals surface area (Å²) in [4.78, 5) is 0. The molecule has 0 aliphatic heterocycles. The third kappa shape index (κ3) is 5.15. The van der Waals surface area contributed by atoms with Crippen LogP contribution in [0.2, 0.25) is 0 Å². The van der Waals surface area contributed by atoms with Crippen LogP contribution >= 0.6 is 24.8 Å². The molecule has 0 amide bonds. The van der Waals surface area contributed by atoms with Gasteiger partial charge >= 0.3 is 250 Å². The first-order chi connectivity index (χ1) is 19.4. The van der Waals surface area contributed by atoms with E-state index in [2.05, 4.69) is 152 Å². The Morgan fingerprint density at radius 2 is 1.26 bits per heavy atom. The molecule has 0 fully saturated rings. The van der Waals surface area contributed by atoms with E-state index >= 15 is 0 Å². The summed E-state index contributed by atoms with van der Waals surface area (Å²) in [6, 6.07) is 35.1. The molecular weight excluding hydrogens is 643 g/mol. The Hall–Kier alpha value is -2.31. The number of hydrogen-bond acceptors (Lipinski definition) is 0. The summed E-state index contributed by atoms with van der Waals surface area (Å²) in [5.74, 6) is 0.815. The second-order valence-electron chi connectivity index (χ2n) is 14.1. The van der Waals surface area contributed by atoms with Crippen molar-refractivity contribution < 1.29 is 18.3 Å². The molecule has 3 heteroatoms. The molecular formula is C40H46Cl2Zr. The van der Waals surface area contributed by atoms with Gasteiger partial charge in [0.1, 0.15) is 0 Å². The molecule has 0 saturated heterocycles. The molecule has 2 aliphatic rings. The van der Waals surface area contributed by atoms with Gasteiger partial charge in [-0.15, -0.1) is 24.8 Å². The van der Waals surface area contributed by atoms with Crippen molar-refractivity contribution in [1.82, 2.24) is 0 Å². The molecule has 0 nitrogen and oxygen atoms in total. The van der Waals surface area contributed by atoms with Gasteiger partial charge < -0.3 is 0 Å². The zero-order valence-corrected chi connectivity index (χ0v) is 30.8. The van der Waals surface area contributed by atoms with E-state index in [4.69, 9.17) is 4.21 Å². The molecule has 6 rings (SSSR count). The first-order valence-electron chi connectivity index (χ1n) is 15.3. The predicted molar refractivity (Wildman–Crippen MR) is 192 cm³/mol. The summed E-state index contributed by atoms with van der Waals surface area (Å²) in [5, 5.41) is 0. The maximum atomic E-state index is 5.75. The number of rotatable bonds is 5. The number of fused-ring (bicyclic) bond motifs is 3. The monoisotopic (exact) mass is 686 g/mol. The SMILES string of the molecule is Cl.Cl.[CH2]=[Zr]([C]1=CC(C(C)(C)C)=CC1C(C)C)([c]1ccc(C)cc1)([c]1ccc(C)cc1)[c]1cccc2c1Cc1ccccc1-2. The van der Waals surface area contributed by atoms with Gasteiger partial charge in [-0.25, -0.2) is 0 Å². The Bertz CT molecular complexity index is 1730. The molecule has 4 aromatic carbocycles. The Labute approximate surface area is 272 Å². The van der Waals surface area contributed by atoms with E-state index in [1.807, 2.05) is 0 Å². The molecule has 0 N–H and O–H groups in total. The number of aryl methyl sites for hydroxylation is 2. The standard InChI is InChI=1S/C13H9.C12H19.2C7H7.CH2.2ClH.Zr/c1-3-7-12-10(5-1)9-11-6-2-4-8-13(11)12;1-9(2)10-6-7-11(8-10)12(3,4)5;2*1-7-5-3-2-4-6-7;;;;/h1-5,7-8H,9H2;7-10H,1-5H3;2*3-6H,1H3;1H2;2*1H;. The quantitative estimate of drug-likeness (QED) is 0.173. The van der Waals surface area contributed by atoms with Crippen LogP contribution in [0.25, 0.3) is 11.1 Å². The summed E-state index contributed by atoms with van der Waals surface area (Å²) >= 11 is -4.83. The minimum absolute atomic E-state index is 0. The molecule has 0 bridgehead atoms. The molecule has 1 atom stereocenters. The molecule has 43 heavy (non-hydrogen) atoms. The third-order valence-electron chi connectivity index (χ3n) is 10.1. The van der Waals surface area contributed by atoms with Crippen molar-refractivity contribution in [2.45, 2.75) is 54.9 Å². The van der Waals surface area contributed by atoms with Crippen LogP contribution in [-0.2, 0) is 24.7 Å². The fraction of sp³-hybridized carbons (Fsp3) is 0.275. The minimum atomic E-state index is -4.83. The van der Waals surface area contributed by atoms with Gasteiger partial charge in [0.2, 0.25) is 0 Å². The van der Waals surface area contributed by atoms with Crippen molar-refractivity contribution in [3.8, 4) is 11.1 Å². The van der Waals surface area contributed by atoms with Gasteiger partial charge in [0.05, 0.1) is 0 Å². The molecule has 2 aliphatic carbocycles. The Morgan fingerprint density at radius 1 is 0.721 bits per heavy atom. The average Bonchev–Trinajstić information content (AvgIpc) is 3.57. The Morgan fingerprint density at radius 3 is 1.79 bits per heavy atom. The van der Waals surface area contributed by atoms with Crippen LogP contribution in [0, 0.1) is 31.1 Å². The summed E-state index contributed by atoms with van der Waals surface area (Å²) in [6.07, 6.45) is 6.18. The molecule has 0 spiro atoms. The van der Waals surface area contributed by atoms with Gasteiger partial charge in [-0.1, -0.05) is 0 Å². The second kappa shape index (κ2) is 11.9. The van der Waals surface area contributed by atoms with Gasteiger partial charge in [-0.3, -0.25) is 0 Å². The van der Waals surface area contributed by atoms with Gasteiger partial charge in [0.15, 0.2) is 0 Å². The number of benzene rings is 4. The Balaban J connectivity index is 0.00000212. The molecule has 224 valence electrons. The van der Waals surface area contributed by atoms with Crippen LogP contribution < -0.4 is 9.81 Å². The van der Waals surface area contributed by atoms with Crippen LogP contribution in [0.3, 0.4) is 0 Å².